The molecule has 0 radical (unpaired) electrons. The van der Waals surface area contributed by atoms with Gasteiger partial charge in [-0.3, -0.25) is 9.59 Å². The third-order valence-corrected chi connectivity index (χ3v) is 9.97. The summed E-state index contributed by atoms with van der Waals surface area (Å²) < 4.78 is 14.3. The Balaban J connectivity index is 1.58. The molecule has 3 aromatic carbocycles. The predicted octanol–water partition coefficient (Wildman–Crippen LogP) is 6.48. The van der Waals surface area contributed by atoms with Gasteiger partial charge in [0.2, 0.25) is 5.91 Å². The molecule has 2 aliphatic rings. The van der Waals surface area contributed by atoms with Crippen LogP contribution in [0.15, 0.2) is 84.2 Å². The molecule has 6 rings (SSSR count). The van der Waals surface area contributed by atoms with Crippen LogP contribution in [0.4, 0.5) is 14.9 Å². The first-order valence-corrected chi connectivity index (χ1v) is 16.2. The van der Waals surface area contributed by atoms with E-state index in [4.69, 9.17) is 0 Å². The number of urea groups is 1. The number of nitrogens with zero attached hydrogens (tertiary/aromatic N) is 2. The van der Waals surface area contributed by atoms with E-state index in [1.54, 1.807) is 28.0 Å². The van der Waals surface area contributed by atoms with Crippen LogP contribution in [0.3, 0.4) is 0 Å². The standard InChI is InChI=1S/C36H37FN4O3S/c1-22-6-4-8-26(20-22)33(42)30-29(25-10-12-27(37)13-11-25)32(35(43)40-17-15-38-16-18-40)41(31(30)34-24(3)14-19-45-34)36(44)39-28-9-5-7-23(2)21-28/h4-14,19-21,29-32,38H,15-18H2,1-3H3,(H,39,44). The normalized spacial score (nSPS) is 21.5. The van der Waals surface area contributed by atoms with E-state index in [0.717, 1.165) is 21.6 Å². The van der Waals surface area contributed by atoms with Gasteiger partial charge in [-0.2, -0.15) is 0 Å². The maximum absolute atomic E-state index is 14.8. The number of Topliss-reactive ketones (excluding diaryl/α,β-unsaturated/α-hetero) is 1. The van der Waals surface area contributed by atoms with E-state index in [2.05, 4.69) is 10.6 Å². The van der Waals surface area contributed by atoms with Gasteiger partial charge in [-0.25, -0.2) is 9.18 Å². The minimum absolute atomic E-state index is 0.158. The summed E-state index contributed by atoms with van der Waals surface area (Å²) in [7, 11) is 0. The summed E-state index contributed by atoms with van der Waals surface area (Å²) >= 11 is 1.48. The Morgan fingerprint density at radius 3 is 2.22 bits per heavy atom. The fraction of sp³-hybridized carbons (Fsp3) is 0.306. The highest BCUT2D eigenvalue weighted by Gasteiger charge is 2.58. The first-order chi connectivity index (χ1) is 21.7. The number of benzene rings is 3. The van der Waals surface area contributed by atoms with Gasteiger partial charge in [-0.05, 0) is 79.2 Å². The number of carbonyl (C=O) groups is 3. The predicted molar refractivity (Wildman–Crippen MR) is 175 cm³/mol. The van der Waals surface area contributed by atoms with E-state index in [-0.39, 0.29) is 11.7 Å². The quantitative estimate of drug-likeness (QED) is 0.241. The lowest BCUT2D eigenvalue weighted by Gasteiger charge is -2.36. The highest BCUT2D eigenvalue weighted by molar-refractivity contribution is 7.10. The summed E-state index contributed by atoms with van der Waals surface area (Å²) in [6, 6.07) is 20.7. The van der Waals surface area contributed by atoms with Crippen molar-refractivity contribution in [2.24, 2.45) is 5.92 Å². The first-order valence-electron chi connectivity index (χ1n) is 15.3. The Bertz CT molecular complexity index is 1720. The van der Waals surface area contributed by atoms with Crippen LogP contribution in [-0.2, 0) is 4.79 Å². The molecular formula is C36H37FN4O3S. The van der Waals surface area contributed by atoms with E-state index < -0.39 is 35.8 Å². The van der Waals surface area contributed by atoms with Crippen molar-refractivity contribution in [2.45, 2.75) is 38.8 Å². The number of hydrogen-bond donors (Lipinski definition) is 2. The number of carbonyl (C=O) groups excluding carboxylic acids is 3. The van der Waals surface area contributed by atoms with Crippen molar-refractivity contribution in [1.29, 1.82) is 0 Å². The van der Waals surface area contributed by atoms with Crippen LogP contribution in [-0.4, -0.2) is 59.7 Å². The molecule has 4 atom stereocenters. The Hall–Kier alpha value is -4.34. The van der Waals surface area contributed by atoms with Crippen molar-refractivity contribution in [3.05, 3.63) is 123 Å². The average Bonchev–Trinajstić information content (AvgIpc) is 3.62. The molecule has 0 saturated carbocycles. The second kappa shape index (κ2) is 12.9. The molecule has 4 aromatic rings. The van der Waals surface area contributed by atoms with Crippen LogP contribution in [0.2, 0.25) is 0 Å². The molecule has 0 bridgehead atoms. The Morgan fingerprint density at radius 2 is 1.58 bits per heavy atom. The SMILES string of the molecule is Cc1cccc(NC(=O)N2C(C(=O)N3CCNCC3)C(c3ccc(F)cc3)C(C(=O)c3cccc(C)c3)C2c2sccc2C)c1. The lowest BCUT2D eigenvalue weighted by Crippen LogP contribution is -2.55. The van der Waals surface area contributed by atoms with E-state index in [1.165, 1.54) is 23.5 Å². The second-order valence-corrected chi connectivity index (χ2v) is 12.9. The minimum atomic E-state index is -1.01. The number of amides is 3. The third kappa shape index (κ3) is 6.15. The zero-order valence-corrected chi connectivity index (χ0v) is 26.4. The molecule has 232 valence electrons. The number of aryl methyl sites for hydroxylation is 3. The molecule has 2 fully saturated rings. The lowest BCUT2D eigenvalue weighted by atomic mass is 9.76. The smallest absolute Gasteiger partial charge is 0.323 e. The van der Waals surface area contributed by atoms with Crippen LogP contribution in [0, 0.1) is 32.5 Å². The number of hydrogen-bond acceptors (Lipinski definition) is 5. The molecule has 2 N–H and O–H groups in total. The lowest BCUT2D eigenvalue weighted by molar-refractivity contribution is -0.136. The molecule has 7 nitrogen and oxygen atoms in total. The molecule has 0 aliphatic carbocycles. The number of ketones is 1. The van der Waals surface area contributed by atoms with Crippen LogP contribution < -0.4 is 10.6 Å². The molecule has 3 heterocycles. The molecule has 2 aliphatic heterocycles. The van der Waals surface area contributed by atoms with Gasteiger partial charge >= 0.3 is 6.03 Å². The Labute approximate surface area is 267 Å². The maximum atomic E-state index is 14.8. The first kappa shape index (κ1) is 30.7. The summed E-state index contributed by atoms with van der Waals surface area (Å²) in [5, 5.41) is 8.30. The summed E-state index contributed by atoms with van der Waals surface area (Å²) in [5.41, 5.74) is 4.60. The number of rotatable bonds is 6. The van der Waals surface area contributed by atoms with Crippen molar-refractivity contribution in [1.82, 2.24) is 15.1 Å². The van der Waals surface area contributed by atoms with Crippen LogP contribution in [0.1, 0.15) is 49.4 Å². The van der Waals surface area contributed by atoms with E-state index in [1.807, 2.05) is 74.7 Å². The van der Waals surface area contributed by atoms with Crippen molar-refractivity contribution < 1.29 is 18.8 Å². The molecule has 0 spiro atoms. The number of nitrogens with one attached hydrogen (secondary N) is 2. The zero-order valence-electron chi connectivity index (χ0n) is 25.6. The fourth-order valence-corrected chi connectivity index (χ4v) is 7.84. The Kier molecular flexibility index (Phi) is 8.83. The number of likely N-dealkylation sites (tertiary alicyclic amines) is 1. The monoisotopic (exact) mass is 624 g/mol. The fourth-order valence-electron chi connectivity index (χ4n) is 6.77. The van der Waals surface area contributed by atoms with Gasteiger partial charge in [0, 0.05) is 48.2 Å². The van der Waals surface area contributed by atoms with Gasteiger partial charge in [-0.1, -0.05) is 48.0 Å². The van der Waals surface area contributed by atoms with E-state index >= 15 is 0 Å². The van der Waals surface area contributed by atoms with Crippen molar-refractivity contribution in [2.75, 3.05) is 31.5 Å². The highest BCUT2D eigenvalue weighted by Crippen LogP contribution is 2.53. The summed E-state index contributed by atoms with van der Waals surface area (Å²) in [6.07, 6.45) is 0. The average molecular weight is 625 g/mol. The summed E-state index contributed by atoms with van der Waals surface area (Å²) in [6.45, 7) is 8.08. The van der Waals surface area contributed by atoms with Gasteiger partial charge < -0.3 is 20.4 Å². The number of piperazine rings is 1. The molecule has 9 heteroatoms. The number of thiophene rings is 1. The van der Waals surface area contributed by atoms with Gasteiger partial charge in [0.05, 0.1) is 12.0 Å². The van der Waals surface area contributed by atoms with Crippen LogP contribution in [0.25, 0.3) is 0 Å². The molecule has 3 amide bonds. The van der Waals surface area contributed by atoms with Crippen LogP contribution >= 0.6 is 11.3 Å². The molecular weight excluding hydrogens is 587 g/mol. The van der Waals surface area contributed by atoms with Crippen molar-refractivity contribution >= 4 is 34.7 Å². The van der Waals surface area contributed by atoms with Gasteiger partial charge in [0.25, 0.3) is 0 Å². The van der Waals surface area contributed by atoms with Gasteiger partial charge in [0.15, 0.2) is 5.78 Å². The summed E-state index contributed by atoms with van der Waals surface area (Å²) in [4.78, 5) is 48.4. The van der Waals surface area contributed by atoms with Gasteiger partial charge in [0.1, 0.15) is 11.9 Å². The molecule has 4 unspecified atom stereocenters. The maximum Gasteiger partial charge on any atom is 0.323 e. The Morgan fingerprint density at radius 1 is 0.889 bits per heavy atom. The molecule has 2 saturated heterocycles. The van der Waals surface area contributed by atoms with E-state index in [9.17, 15) is 18.8 Å². The highest BCUT2D eigenvalue weighted by atomic mass is 32.1. The number of anilines is 1. The van der Waals surface area contributed by atoms with Gasteiger partial charge in [-0.15, -0.1) is 11.3 Å². The van der Waals surface area contributed by atoms with E-state index in [0.29, 0.717) is 43.0 Å². The molecule has 1 aromatic heterocycles. The summed E-state index contributed by atoms with van der Waals surface area (Å²) in [5.74, 6) is -2.33. The largest absolute Gasteiger partial charge is 0.338 e. The minimum Gasteiger partial charge on any atom is -0.338 e. The zero-order chi connectivity index (χ0) is 31.7. The van der Waals surface area contributed by atoms with Crippen molar-refractivity contribution in [3.8, 4) is 0 Å². The van der Waals surface area contributed by atoms with Crippen molar-refractivity contribution in [3.63, 3.8) is 0 Å². The third-order valence-electron chi connectivity index (χ3n) is 8.88. The second-order valence-electron chi connectivity index (χ2n) is 12.0. The van der Waals surface area contributed by atoms with Crippen LogP contribution in [0.5, 0.6) is 0 Å². The number of halogens is 1. The molecule has 45 heavy (non-hydrogen) atoms. The topological polar surface area (TPSA) is 81.8 Å².